The van der Waals surface area contributed by atoms with Crippen molar-refractivity contribution in [3.63, 3.8) is 0 Å². The number of ether oxygens (including phenoxy) is 2. The first kappa shape index (κ1) is 15.5. The second-order valence-corrected chi connectivity index (χ2v) is 5.34. The number of imidazole rings is 1. The van der Waals surface area contributed by atoms with E-state index in [1.54, 1.807) is 7.11 Å². The summed E-state index contributed by atoms with van der Waals surface area (Å²) >= 11 is 0. The fourth-order valence-corrected chi connectivity index (χ4v) is 2.54. The van der Waals surface area contributed by atoms with E-state index in [1.165, 1.54) is 0 Å². The number of fused-ring (bicyclic) bond motifs is 1. The molecule has 0 unspecified atom stereocenters. The number of para-hydroxylation sites is 3. The molecule has 0 saturated carbocycles. The molecule has 0 amide bonds. The molecule has 0 aliphatic carbocycles. The van der Waals surface area contributed by atoms with Gasteiger partial charge in [-0.3, -0.25) is 0 Å². The Bertz CT molecular complexity index is 755. The number of benzene rings is 2. The molecular formula is C18H20N2O3. The number of methoxy groups -OCH3 is 1. The maximum atomic E-state index is 10.3. The molecule has 0 saturated heterocycles. The van der Waals surface area contributed by atoms with Crippen LogP contribution in [0.25, 0.3) is 11.0 Å². The van der Waals surface area contributed by atoms with Crippen LogP contribution in [0.4, 0.5) is 0 Å². The number of hydrogen-bond donors (Lipinski definition) is 1. The third-order valence-electron chi connectivity index (χ3n) is 3.59. The summed E-state index contributed by atoms with van der Waals surface area (Å²) in [6.07, 6.45) is -0.636. The van der Waals surface area contributed by atoms with Crippen LogP contribution in [0.5, 0.6) is 5.75 Å². The van der Waals surface area contributed by atoms with Crippen molar-refractivity contribution in [2.24, 2.45) is 0 Å². The molecule has 0 spiro atoms. The van der Waals surface area contributed by atoms with Gasteiger partial charge in [-0.2, -0.15) is 0 Å². The van der Waals surface area contributed by atoms with Gasteiger partial charge in [0.15, 0.2) is 0 Å². The van der Waals surface area contributed by atoms with Crippen molar-refractivity contribution in [3.05, 3.63) is 60.4 Å². The summed E-state index contributed by atoms with van der Waals surface area (Å²) in [6, 6.07) is 17.3. The fourth-order valence-electron chi connectivity index (χ4n) is 2.54. The van der Waals surface area contributed by atoms with Crippen molar-refractivity contribution in [3.8, 4) is 5.75 Å². The number of aliphatic hydroxyl groups excluding tert-OH is 1. The molecule has 1 heterocycles. The summed E-state index contributed by atoms with van der Waals surface area (Å²) in [5.41, 5.74) is 1.88. The molecular weight excluding hydrogens is 292 g/mol. The van der Waals surface area contributed by atoms with Crippen LogP contribution in [0.1, 0.15) is 5.82 Å². The van der Waals surface area contributed by atoms with Gasteiger partial charge in [0.05, 0.1) is 17.6 Å². The molecule has 0 radical (unpaired) electrons. The average molecular weight is 312 g/mol. The standard InChI is InChI=1S/C18H20N2O3/c1-22-13-18-19-16-9-5-6-10-17(16)20(18)11-14(21)12-23-15-7-3-2-4-8-15/h2-10,14,21H,11-13H2,1H3/t14-/m0/s1. The minimum absolute atomic E-state index is 0.225. The summed E-state index contributed by atoms with van der Waals surface area (Å²) < 4.78 is 12.8. The van der Waals surface area contributed by atoms with E-state index in [1.807, 2.05) is 59.2 Å². The van der Waals surface area contributed by atoms with Crippen molar-refractivity contribution < 1.29 is 14.6 Å². The average Bonchev–Trinajstić information content (AvgIpc) is 2.92. The summed E-state index contributed by atoms with van der Waals surface area (Å²) in [5, 5.41) is 10.3. The lowest BCUT2D eigenvalue weighted by atomic mass is 10.3. The Morgan fingerprint density at radius 1 is 1.09 bits per heavy atom. The first-order valence-corrected chi connectivity index (χ1v) is 7.57. The van der Waals surface area contributed by atoms with Crippen LogP contribution in [0.3, 0.4) is 0 Å². The van der Waals surface area contributed by atoms with Crippen LogP contribution in [0.2, 0.25) is 0 Å². The molecule has 3 rings (SSSR count). The zero-order valence-electron chi connectivity index (χ0n) is 13.1. The highest BCUT2D eigenvalue weighted by Crippen LogP contribution is 2.17. The predicted octanol–water partition coefficient (Wildman–Crippen LogP) is 2.62. The molecule has 0 aliphatic heterocycles. The van der Waals surface area contributed by atoms with Crippen molar-refractivity contribution >= 4 is 11.0 Å². The molecule has 120 valence electrons. The van der Waals surface area contributed by atoms with Gasteiger partial charge in [0.25, 0.3) is 0 Å². The van der Waals surface area contributed by atoms with E-state index in [-0.39, 0.29) is 6.61 Å². The third kappa shape index (κ3) is 3.70. The van der Waals surface area contributed by atoms with Gasteiger partial charge in [-0.05, 0) is 24.3 Å². The number of aromatic nitrogens is 2. The van der Waals surface area contributed by atoms with Crippen LogP contribution in [0, 0.1) is 0 Å². The van der Waals surface area contributed by atoms with Gasteiger partial charge in [-0.25, -0.2) is 4.98 Å². The van der Waals surface area contributed by atoms with Crippen LogP contribution >= 0.6 is 0 Å². The highest BCUT2D eigenvalue weighted by molar-refractivity contribution is 5.75. The first-order valence-electron chi connectivity index (χ1n) is 7.57. The SMILES string of the molecule is COCc1nc2ccccc2n1C[C@H](O)COc1ccccc1. The summed E-state index contributed by atoms with van der Waals surface area (Å²) in [6.45, 7) is 1.04. The monoisotopic (exact) mass is 312 g/mol. The summed E-state index contributed by atoms with van der Waals surface area (Å²) in [5.74, 6) is 1.55. The number of aliphatic hydroxyl groups is 1. The van der Waals surface area contributed by atoms with Crippen molar-refractivity contribution in [1.82, 2.24) is 9.55 Å². The molecule has 0 bridgehead atoms. The van der Waals surface area contributed by atoms with E-state index in [0.29, 0.717) is 13.2 Å². The van der Waals surface area contributed by atoms with E-state index in [4.69, 9.17) is 9.47 Å². The zero-order chi connectivity index (χ0) is 16.1. The van der Waals surface area contributed by atoms with Crippen LogP contribution in [0.15, 0.2) is 54.6 Å². The second-order valence-electron chi connectivity index (χ2n) is 5.34. The van der Waals surface area contributed by atoms with Gasteiger partial charge in [0.2, 0.25) is 0 Å². The van der Waals surface area contributed by atoms with Gasteiger partial charge in [0, 0.05) is 7.11 Å². The molecule has 3 aromatic rings. The highest BCUT2D eigenvalue weighted by atomic mass is 16.5. The van der Waals surface area contributed by atoms with E-state index >= 15 is 0 Å². The Hall–Kier alpha value is -2.37. The van der Waals surface area contributed by atoms with Crippen LogP contribution in [-0.2, 0) is 17.9 Å². The Labute approximate surface area is 135 Å². The largest absolute Gasteiger partial charge is 0.491 e. The minimum atomic E-state index is -0.636. The Kier molecular flexibility index (Phi) is 4.90. The van der Waals surface area contributed by atoms with Gasteiger partial charge >= 0.3 is 0 Å². The van der Waals surface area contributed by atoms with Gasteiger partial charge in [0.1, 0.15) is 30.9 Å². The molecule has 0 aliphatic rings. The second kappa shape index (κ2) is 7.26. The molecule has 23 heavy (non-hydrogen) atoms. The van der Waals surface area contributed by atoms with Crippen LogP contribution < -0.4 is 4.74 Å². The topological polar surface area (TPSA) is 56.5 Å². The van der Waals surface area contributed by atoms with Crippen molar-refractivity contribution in [2.75, 3.05) is 13.7 Å². The Morgan fingerprint density at radius 3 is 2.61 bits per heavy atom. The molecule has 5 nitrogen and oxygen atoms in total. The highest BCUT2D eigenvalue weighted by Gasteiger charge is 2.14. The first-order chi connectivity index (χ1) is 11.3. The lowest BCUT2D eigenvalue weighted by molar-refractivity contribution is 0.0901. The molecule has 2 aromatic carbocycles. The molecule has 1 N–H and O–H groups in total. The molecule has 0 fully saturated rings. The zero-order valence-corrected chi connectivity index (χ0v) is 13.1. The normalized spacial score (nSPS) is 12.4. The van der Waals surface area contributed by atoms with E-state index < -0.39 is 6.10 Å². The smallest absolute Gasteiger partial charge is 0.136 e. The van der Waals surface area contributed by atoms with Gasteiger partial charge in [-0.1, -0.05) is 30.3 Å². The van der Waals surface area contributed by atoms with Crippen molar-refractivity contribution in [2.45, 2.75) is 19.3 Å². The lowest BCUT2D eigenvalue weighted by Gasteiger charge is -2.15. The summed E-state index contributed by atoms with van der Waals surface area (Å²) in [4.78, 5) is 4.56. The van der Waals surface area contributed by atoms with Gasteiger partial charge in [-0.15, -0.1) is 0 Å². The van der Waals surface area contributed by atoms with Gasteiger partial charge < -0.3 is 19.1 Å². The number of hydrogen-bond acceptors (Lipinski definition) is 4. The molecule has 5 heteroatoms. The quantitative estimate of drug-likeness (QED) is 0.728. The maximum absolute atomic E-state index is 10.3. The van der Waals surface area contributed by atoms with E-state index in [9.17, 15) is 5.11 Å². The lowest BCUT2D eigenvalue weighted by Crippen LogP contribution is -2.24. The Morgan fingerprint density at radius 2 is 1.83 bits per heavy atom. The Balaban J connectivity index is 1.73. The summed E-state index contributed by atoms with van der Waals surface area (Å²) in [7, 11) is 1.64. The fraction of sp³-hybridized carbons (Fsp3) is 0.278. The molecule has 1 aromatic heterocycles. The molecule has 1 atom stereocenters. The van der Waals surface area contributed by atoms with Crippen molar-refractivity contribution in [1.29, 1.82) is 0 Å². The number of rotatable bonds is 7. The van der Waals surface area contributed by atoms with E-state index in [2.05, 4.69) is 4.98 Å². The maximum Gasteiger partial charge on any atom is 0.136 e. The third-order valence-corrected chi connectivity index (χ3v) is 3.59. The predicted molar refractivity (Wildman–Crippen MR) is 88.4 cm³/mol. The van der Waals surface area contributed by atoms with Crippen LogP contribution in [-0.4, -0.2) is 34.5 Å². The van der Waals surface area contributed by atoms with E-state index in [0.717, 1.165) is 22.6 Å². The number of nitrogens with zero attached hydrogens (tertiary/aromatic N) is 2. The minimum Gasteiger partial charge on any atom is -0.491 e.